The summed E-state index contributed by atoms with van der Waals surface area (Å²) < 4.78 is 7.28. The second-order valence-corrected chi connectivity index (χ2v) is 8.84. The molecule has 0 radical (unpaired) electrons. The van der Waals surface area contributed by atoms with E-state index in [0.29, 0.717) is 24.4 Å². The zero-order valence-corrected chi connectivity index (χ0v) is 20.0. The number of fused-ring (bicyclic) bond motifs is 1. The molecule has 1 aliphatic rings. The molecule has 2 heterocycles. The van der Waals surface area contributed by atoms with E-state index >= 15 is 0 Å². The van der Waals surface area contributed by atoms with Crippen LogP contribution < -0.4 is 10.1 Å². The predicted molar refractivity (Wildman–Crippen MR) is 133 cm³/mol. The number of carbonyl (C=O) groups excluding carboxylic acids is 2. The number of carbonyl (C=O) groups is 2. The maximum Gasteiger partial charge on any atom is 0.251 e. The van der Waals surface area contributed by atoms with Crippen LogP contribution in [0.5, 0.6) is 5.75 Å². The first kappa shape index (κ1) is 23.8. The van der Waals surface area contributed by atoms with Crippen LogP contribution in [0.4, 0.5) is 0 Å². The van der Waals surface area contributed by atoms with Crippen molar-refractivity contribution in [1.82, 2.24) is 19.8 Å². The van der Waals surface area contributed by atoms with Gasteiger partial charge < -0.3 is 19.5 Å². The van der Waals surface area contributed by atoms with Gasteiger partial charge in [-0.3, -0.25) is 9.59 Å². The van der Waals surface area contributed by atoms with Gasteiger partial charge in [0.1, 0.15) is 18.1 Å². The molecule has 1 aliphatic heterocycles. The van der Waals surface area contributed by atoms with Crippen molar-refractivity contribution in [3.63, 3.8) is 0 Å². The zero-order valence-electron chi connectivity index (χ0n) is 20.0. The van der Waals surface area contributed by atoms with Crippen molar-refractivity contribution in [1.29, 1.82) is 0 Å². The van der Waals surface area contributed by atoms with E-state index in [1.807, 2.05) is 41.3 Å². The molecule has 1 fully saturated rings. The van der Waals surface area contributed by atoms with E-state index in [-0.39, 0.29) is 11.8 Å². The van der Waals surface area contributed by atoms with E-state index in [9.17, 15) is 9.59 Å². The van der Waals surface area contributed by atoms with Crippen LogP contribution in [0.1, 0.15) is 54.7 Å². The van der Waals surface area contributed by atoms with Crippen LogP contribution in [-0.2, 0) is 17.8 Å². The third kappa shape index (κ3) is 5.95. The molecule has 1 N–H and O–H groups in total. The Morgan fingerprint density at radius 1 is 1.00 bits per heavy atom. The lowest BCUT2D eigenvalue weighted by molar-refractivity contribution is -0.132. The van der Waals surface area contributed by atoms with Gasteiger partial charge in [-0.05, 0) is 62.4 Å². The molecule has 1 saturated heterocycles. The van der Waals surface area contributed by atoms with Gasteiger partial charge in [-0.1, -0.05) is 24.6 Å². The van der Waals surface area contributed by atoms with Crippen molar-refractivity contribution in [3.05, 3.63) is 59.9 Å². The van der Waals surface area contributed by atoms with Gasteiger partial charge in [0.15, 0.2) is 0 Å². The lowest BCUT2D eigenvalue weighted by Gasteiger charge is -2.27. The lowest BCUT2D eigenvalue weighted by atomic mass is 10.1. The number of hydrogen-bond acceptors (Lipinski definition) is 4. The number of likely N-dealkylation sites (tertiary alicyclic amines) is 1. The molecule has 1 aromatic heterocycles. The fourth-order valence-electron chi connectivity index (χ4n) is 4.52. The van der Waals surface area contributed by atoms with Crippen LogP contribution in [0.2, 0.25) is 0 Å². The summed E-state index contributed by atoms with van der Waals surface area (Å²) in [6.45, 7) is 2.71. The third-order valence-corrected chi connectivity index (χ3v) is 6.43. The van der Waals surface area contributed by atoms with Crippen molar-refractivity contribution in [2.24, 2.45) is 0 Å². The van der Waals surface area contributed by atoms with Crippen molar-refractivity contribution in [2.45, 2.75) is 51.5 Å². The van der Waals surface area contributed by atoms with Gasteiger partial charge in [0.25, 0.3) is 5.91 Å². The maximum absolute atomic E-state index is 12.9. The summed E-state index contributed by atoms with van der Waals surface area (Å²) in [6.07, 6.45) is 7.03. The number of nitrogens with one attached hydrogen (secondary N) is 1. The van der Waals surface area contributed by atoms with Crippen molar-refractivity contribution in [2.75, 3.05) is 26.7 Å². The summed E-state index contributed by atoms with van der Waals surface area (Å²) in [4.78, 5) is 32.1. The van der Waals surface area contributed by atoms with E-state index in [2.05, 4.69) is 9.88 Å². The Morgan fingerprint density at radius 3 is 2.65 bits per heavy atom. The van der Waals surface area contributed by atoms with E-state index < -0.39 is 0 Å². The van der Waals surface area contributed by atoms with Gasteiger partial charge in [0, 0.05) is 31.6 Å². The summed E-state index contributed by atoms with van der Waals surface area (Å²) >= 11 is 0. The number of benzene rings is 2. The minimum absolute atomic E-state index is 0.0862. The number of imidazole rings is 1. The molecule has 4 rings (SSSR count). The number of nitrogens with zero attached hydrogens (tertiary/aromatic N) is 3. The van der Waals surface area contributed by atoms with Gasteiger partial charge in [0.2, 0.25) is 5.91 Å². The largest absolute Gasteiger partial charge is 0.497 e. The Kier molecular flexibility index (Phi) is 8.17. The topological polar surface area (TPSA) is 76.5 Å². The molecule has 2 amide bonds. The smallest absolute Gasteiger partial charge is 0.251 e. The highest BCUT2D eigenvalue weighted by Gasteiger charge is 2.19. The molecule has 180 valence electrons. The number of para-hydroxylation sites is 2. The molecular formula is C27H34N4O3. The second kappa shape index (κ2) is 11.7. The second-order valence-electron chi connectivity index (χ2n) is 8.84. The normalized spacial score (nSPS) is 13.7. The molecule has 2 aromatic carbocycles. The monoisotopic (exact) mass is 462 g/mol. The minimum Gasteiger partial charge on any atom is -0.497 e. The standard InChI is InChI=1S/C27H34N4O3/c1-34-22-12-10-11-21(19-22)27(33)28-16-7-2-4-15-25-29-23-13-5-6-14-24(23)31(25)20-26(32)30-17-8-3-9-18-30/h5-6,10-14,19H,2-4,7-9,15-18,20H2,1H3,(H,28,33). The Labute approximate surface area is 201 Å². The summed E-state index contributed by atoms with van der Waals surface area (Å²) in [6, 6.07) is 15.2. The number of amides is 2. The average molecular weight is 463 g/mol. The van der Waals surface area contributed by atoms with Gasteiger partial charge in [0.05, 0.1) is 18.1 Å². The molecule has 7 heteroatoms. The number of piperidine rings is 1. The molecule has 0 aliphatic carbocycles. The fourth-order valence-corrected chi connectivity index (χ4v) is 4.52. The SMILES string of the molecule is COc1cccc(C(=O)NCCCCCc2nc3ccccc3n2CC(=O)N2CCCCC2)c1. The number of methoxy groups -OCH3 is 1. The highest BCUT2D eigenvalue weighted by molar-refractivity contribution is 5.94. The van der Waals surface area contributed by atoms with E-state index in [0.717, 1.165) is 68.5 Å². The number of rotatable bonds is 10. The Morgan fingerprint density at radius 2 is 1.82 bits per heavy atom. The van der Waals surface area contributed by atoms with Crippen molar-refractivity contribution >= 4 is 22.8 Å². The molecule has 0 unspecified atom stereocenters. The summed E-state index contributed by atoms with van der Waals surface area (Å²) in [5.41, 5.74) is 2.56. The average Bonchev–Trinajstić information content (AvgIpc) is 3.23. The quantitative estimate of drug-likeness (QED) is 0.458. The molecule has 34 heavy (non-hydrogen) atoms. The van der Waals surface area contributed by atoms with E-state index in [4.69, 9.17) is 9.72 Å². The fraction of sp³-hybridized carbons (Fsp3) is 0.444. The molecule has 7 nitrogen and oxygen atoms in total. The van der Waals surface area contributed by atoms with Crippen LogP contribution in [0.15, 0.2) is 48.5 Å². The van der Waals surface area contributed by atoms with Crippen molar-refractivity contribution in [3.8, 4) is 5.75 Å². The van der Waals surface area contributed by atoms with E-state index in [1.165, 1.54) is 6.42 Å². The van der Waals surface area contributed by atoms with Gasteiger partial charge >= 0.3 is 0 Å². The van der Waals surface area contributed by atoms with Crippen LogP contribution in [-0.4, -0.2) is 53.0 Å². The summed E-state index contributed by atoms with van der Waals surface area (Å²) in [5.74, 6) is 1.74. The van der Waals surface area contributed by atoms with Gasteiger partial charge in [-0.25, -0.2) is 4.98 Å². The number of unbranched alkanes of at least 4 members (excludes halogenated alkanes) is 2. The molecule has 3 aromatic rings. The highest BCUT2D eigenvalue weighted by Crippen LogP contribution is 2.19. The lowest BCUT2D eigenvalue weighted by Crippen LogP contribution is -2.38. The number of aromatic nitrogens is 2. The molecule has 0 bridgehead atoms. The first-order valence-corrected chi connectivity index (χ1v) is 12.3. The highest BCUT2D eigenvalue weighted by atomic mass is 16.5. The minimum atomic E-state index is -0.0862. The molecule has 0 atom stereocenters. The van der Waals surface area contributed by atoms with Crippen LogP contribution in [0, 0.1) is 0 Å². The van der Waals surface area contributed by atoms with E-state index in [1.54, 1.807) is 19.2 Å². The number of ether oxygens (including phenoxy) is 1. The Hall–Kier alpha value is -3.35. The number of hydrogen-bond donors (Lipinski definition) is 1. The van der Waals surface area contributed by atoms with Crippen LogP contribution in [0.3, 0.4) is 0 Å². The van der Waals surface area contributed by atoms with Gasteiger partial charge in [-0.2, -0.15) is 0 Å². The third-order valence-electron chi connectivity index (χ3n) is 6.43. The Bertz CT molecular complexity index is 1120. The maximum atomic E-state index is 12.9. The van der Waals surface area contributed by atoms with Crippen LogP contribution >= 0.6 is 0 Å². The first-order valence-electron chi connectivity index (χ1n) is 12.3. The van der Waals surface area contributed by atoms with Crippen LogP contribution in [0.25, 0.3) is 11.0 Å². The van der Waals surface area contributed by atoms with Crippen molar-refractivity contribution < 1.29 is 14.3 Å². The van der Waals surface area contributed by atoms with Gasteiger partial charge in [-0.15, -0.1) is 0 Å². The summed E-state index contributed by atoms with van der Waals surface area (Å²) in [5, 5.41) is 2.98. The number of aryl methyl sites for hydroxylation is 1. The Balaban J connectivity index is 1.28. The zero-order chi connectivity index (χ0) is 23.8. The molecule has 0 spiro atoms. The molecular weight excluding hydrogens is 428 g/mol. The predicted octanol–water partition coefficient (Wildman–Crippen LogP) is 4.20. The molecule has 0 saturated carbocycles. The first-order chi connectivity index (χ1) is 16.7. The summed E-state index contributed by atoms with van der Waals surface area (Å²) in [7, 11) is 1.59.